The summed E-state index contributed by atoms with van der Waals surface area (Å²) in [5.41, 5.74) is 6.11. The summed E-state index contributed by atoms with van der Waals surface area (Å²) in [6.07, 6.45) is 4.65. The number of anilines is 1. The van der Waals surface area contributed by atoms with Gasteiger partial charge in [0.1, 0.15) is 5.82 Å². The second-order valence-corrected chi connectivity index (χ2v) is 3.24. The van der Waals surface area contributed by atoms with E-state index >= 15 is 0 Å². The van der Waals surface area contributed by atoms with Gasteiger partial charge in [-0.05, 0) is 12.8 Å². The Kier molecular flexibility index (Phi) is 2.02. The van der Waals surface area contributed by atoms with Crippen LogP contribution in [0.25, 0.3) is 0 Å². The minimum atomic E-state index is 0.433. The van der Waals surface area contributed by atoms with Gasteiger partial charge in [0.15, 0.2) is 6.29 Å². The summed E-state index contributed by atoms with van der Waals surface area (Å²) in [6.45, 7) is 0.588. The number of aldehydes is 1. The number of nitrogen functional groups attached to an aromatic ring is 1. The monoisotopic (exact) mass is 180 g/mol. The number of hydrogen-bond acceptors (Lipinski definition) is 4. The van der Waals surface area contributed by atoms with Gasteiger partial charge in [-0.15, -0.1) is 0 Å². The third-order valence-corrected chi connectivity index (χ3v) is 2.14. The average molecular weight is 180 g/mol. The van der Waals surface area contributed by atoms with Crippen LogP contribution in [0.4, 0.5) is 5.82 Å². The smallest absolute Gasteiger partial charge is 0.155 e. The van der Waals surface area contributed by atoms with E-state index in [0.29, 0.717) is 24.1 Å². The molecule has 13 heavy (non-hydrogen) atoms. The van der Waals surface area contributed by atoms with E-state index in [0.717, 1.165) is 6.29 Å². The molecule has 70 valence electrons. The normalized spacial score (nSPS) is 16.0. The zero-order chi connectivity index (χ0) is 9.26. The van der Waals surface area contributed by atoms with Crippen LogP contribution in [0, 0.1) is 0 Å². The quantitative estimate of drug-likeness (QED) is 0.639. The number of rotatable bonds is 4. The van der Waals surface area contributed by atoms with Crippen LogP contribution in [0.3, 0.4) is 0 Å². The van der Waals surface area contributed by atoms with Crippen LogP contribution in [0.2, 0.25) is 0 Å². The molecule has 1 aliphatic rings. The Morgan fingerprint density at radius 3 is 3.08 bits per heavy atom. The summed E-state index contributed by atoms with van der Waals surface area (Å²) < 4.78 is 1.60. The van der Waals surface area contributed by atoms with E-state index in [4.69, 9.17) is 5.73 Å². The number of aromatic nitrogens is 2. The third kappa shape index (κ3) is 1.70. The minimum Gasteiger partial charge on any atom is -0.383 e. The lowest BCUT2D eigenvalue weighted by Gasteiger charge is -2.04. The highest BCUT2D eigenvalue weighted by molar-refractivity contribution is 5.81. The standard InChI is InChI=1S/C8H12N4O/c9-8-6(4-13)3-11-12(8)5-10-7-1-2-7/h3-4,7,10H,1-2,5,9H2. The Morgan fingerprint density at radius 1 is 1.77 bits per heavy atom. The molecule has 0 bridgehead atoms. The van der Waals surface area contributed by atoms with Crippen molar-refractivity contribution in [2.24, 2.45) is 0 Å². The Bertz CT molecular complexity index is 316. The van der Waals surface area contributed by atoms with Crippen molar-refractivity contribution in [1.82, 2.24) is 15.1 Å². The third-order valence-electron chi connectivity index (χ3n) is 2.14. The SMILES string of the molecule is Nc1c(C=O)cnn1CNC1CC1. The molecule has 1 fully saturated rings. The van der Waals surface area contributed by atoms with Gasteiger partial charge in [0.05, 0.1) is 18.4 Å². The van der Waals surface area contributed by atoms with E-state index in [1.807, 2.05) is 0 Å². The molecule has 0 atom stereocenters. The van der Waals surface area contributed by atoms with Crippen molar-refractivity contribution in [3.8, 4) is 0 Å². The highest BCUT2D eigenvalue weighted by Crippen LogP contribution is 2.18. The molecule has 0 aromatic carbocycles. The van der Waals surface area contributed by atoms with Gasteiger partial charge in [-0.2, -0.15) is 5.10 Å². The van der Waals surface area contributed by atoms with E-state index in [-0.39, 0.29) is 0 Å². The molecule has 1 heterocycles. The summed E-state index contributed by atoms with van der Waals surface area (Å²) in [5.74, 6) is 0.433. The molecule has 0 radical (unpaired) electrons. The van der Waals surface area contributed by atoms with E-state index in [1.54, 1.807) is 4.68 Å². The Labute approximate surface area is 75.9 Å². The van der Waals surface area contributed by atoms with Crippen molar-refractivity contribution in [2.75, 3.05) is 5.73 Å². The summed E-state index contributed by atoms with van der Waals surface area (Å²) in [5, 5.41) is 7.24. The predicted octanol–water partition coefficient (Wildman–Crippen LogP) is -0.0127. The maximum Gasteiger partial charge on any atom is 0.155 e. The molecule has 1 aromatic heterocycles. The van der Waals surface area contributed by atoms with Crippen molar-refractivity contribution in [3.63, 3.8) is 0 Å². The largest absolute Gasteiger partial charge is 0.383 e. The second kappa shape index (κ2) is 3.18. The van der Waals surface area contributed by atoms with Gasteiger partial charge in [0.2, 0.25) is 0 Å². The molecule has 0 saturated heterocycles. The van der Waals surface area contributed by atoms with Gasteiger partial charge >= 0.3 is 0 Å². The number of nitrogens with two attached hydrogens (primary N) is 1. The van der Waals surface area contributed by atoms with Crippen LogP contribution >= 0.6 is 0 Å². The lowest BCUT2D eigenvalue weighted by molar-refractivity contribution is 0.112. The van der Waals surface area contributed by atoms with Crippen LogP contribution in [0.1, 0.15) is 23.2 Å². The summed E-state index contributed by atoms with van der Waals surface area (Å²) in [6, 6.07) is 0.614. The molecule has 5 heteroatoms. The molecule has 0 amide bonds. The van der Waals surface area contributed by atoms with Crippen LogP contribution in [-0.4, -0.2) is 22.1 Å². The average Bonchev–Trinajstić information content (AvgIpc) is 2.89. The minimum absolute atomic E-state index is 0.433. The first-order chi connectivity index (χ1) is 6.31. The van der Waals surface area contributed by atoms with E-state index < -0.39 is 0 Å². The highest BCUT2D eigenvalue weighted by atomic mass is 16.1. The molecule has 0 spiro atoms. The molecule has 1 aromatic rings. The molecule has 2 rings (SSSR count). The van der Waals surface area contributed by atoms with Gasteiger partial charge in [-0.1, -0.05) is 0 Å². The number of hydrogen-bond donors (Lipinski definition) is 2. The van der Waals surface area contributed by atoms with Crippen molar-refractivity contribution < 1.29 is 4.79 Å². The Hall–Kier alpha value is -1.36. The first-order valence-electron chi connectivity index (χ1n) is 4.31. The number of nitrogens with one attached hydrogen (secondary N) is 1. The lowest BCUT2D eigenvalue weighted by atomic mass is 10.4. The maximum absolute atomic E-state index is 10.4. The van der Waals surface area contributed by atoms with Crippen molar-refractivity contribution >= 4 is 12.1 Å². The number of carbonyl (C=O) groups is 1. The van der Waals surface area contributed by atoms with E-state index in [9.17, 15) is 4.79 Å². The molecule has 1 saturated carbocycles. The molecule has 0 aliphatic heterocycles. The zero-order valence-corrected chi connectivity index (χ0v) is 7.23. The predicted molar refractivity (Wildman–Crippen MR) is 48.2 cm³/mol. The highest BCUT2D eigenvalue weighted by Gasteiger charge is 2.20. The number of nitrogens with zero attached hydrogens (tertiary/aromatic N) is 2. The Morgan fingerprint density at radius 2 is 2.54 bits per heavy atom. The van der Waals surface area contributed by atoms with Gasteiger partial charge < -0.3 is 5.73 Å². The molecule has 5 nitrogen and oxygen atoms in total. The molecular weight excluding hydrogens is 168 g/mol. The zero-order valence-electron chi connectivity index (χ0n) is 7.23. The second-order valence-electron chi connectivity index (χ2n) is 3.24. The van der Waals surface area contributed by atoms with Crippen molar-refractivity contribution in [1.29, 1.82) is 0 Å². The van der Waals surface area contributed by atoms with Gasteiger partial charge in [-0.25, -0.2) is 4.68 Å². The van der Waals surface area contributed by atoms with Crippen molar-refractivity contribution in [3.05, 3.63) is 11.8 Å². The van der Waals surface area contributed by atoms with Crippen LogP contribution in [-0.2, 0) is 6.67 Å². The fourth-order valence-corrected chi connectivity index (χ4v) is 1.13. The van der Waals surface area contributed by atoms with E-state index in [1.165, 1.54) is 19.0 Å². The first kappa shape index (κ1) is 8.25. The van der Waals surface area contributed by atoms with Crippen LogP contribution < -0.4 is 11.1 Å². The molecular formula is C8H12N4O. The van der Waals surface area contributed by atoms with Gasteiger partial charge in [0.25, 0.3) is 0 Å². The summed E-state index contributed by atoms with van der Waals surface area (Å²) in [4.78, 5) is 10.4. The Balaban J connectivity index is 2.01. The molecule has 3 N–H and O–H groups in total. The molecule has 0 unspecified atom stereocenters. The number of carbonyl (C=O) groups excluding carboxylic acids is 1. The van der Waals surface area contributed by atoms with Crippen LogP contribution in [0.5, 0.6) is 0 Å². The lowest BCUT2D eigenvalue weighted by Crippen LogP contribution is -2.22. The van der Waals surface area contributed by atoms with Gasteiger partial charge in [-0.3, -0.25) is 10.1 Å². The van der Waals surface area contributed by atoms with Crippen molar-refractivity contribution in [2.45, 2.75) is 25.6 Å². The first-order valence-corrected chi connectivity index (χ1v) is 4.31. The van der Waals surface area contributed by atoms with Gasteiger partial charge in [0, 0.05) is 6.04 Å². The fourth-order valence-electron chi connectivity index (χ4n) is 1.13. The maximum atomic E-state index is 10.4. The van der Waals surface area contributed by atoms with E-state index in [2.05, 4.69) is 10.4 Å². The molecule has 1 aliphatic carbocycles. The van der Waals surface area contributed by atoms with Crippen LogP contribution in [0.15, 0.2) is 6.20 Å². The topological polar surface area (TPSA) is 72.9 Å². The fraction of sp³-hybridized carbons (Fsp3) is 0.500. The summed E-state index contributed by atoms with van der Waals surface area (Å²) >= 11 is 0. The summed E-state index contributed by atoms with van der Waals surface area (Å²) in [7, 11) is 0.